The summed E-state index contributed by atoms with van der Waals surface area (Å²) in [6, 6.07) is -0.711. The Kier molecular flexibility index (Phi) is 46.6. The maximum absolute atomic E-state index is 13.2. The number of esters is 1. The molecule has 354 valence electrons. The number of nitrogens with one attached hydrogen (secondary N) is 1. The molecule has 6 nitrogen and oxygen atoms in total. The summed E-state index contributed by atoms with van der Waals surface area (Å²) in [4.78, 5) is 26.1. The fourth-order valence-corrected chi connectivity index (χ4v) is 7.64. The zero-order valence-corrected chi connectivity index (χ0v) is 40.3. The number of carbonyl (C=O) groups is 2. The molecule has 0 heterocycles. The third-order valence-corrected chi connectivity index (χ3v) is 11.6. The zero-order valence-electron chi connectivity index (χ0n) is 40.3. The highest BCUT2D eigenvalue weighted by Gasteiger charge is 2.24. The summed E-state index contributed by atoms with van der Waals surface area (Å²) in [5.74, 6) is -0.510. The Morgan fingerprint density at radius 2 is 0.902 bits per heavy atom. The van der Waals surface area contributed by atoms with Gasteiger partial charge in [-0.2, -0.15) is 0 Å². The van der Waals surface area contributed by atoms with Crippen LogP contribution in [0.3, 0.4) is 0 Å². The highest BCUT2D eigenvalue weighted by atomic mass is 16.5. The van der Waals surface area contributed by atoms with Gasteiger partial charge in [0.1, 0.15) is 6.10 Å². The van der Waals surface area contributed by atoms with Gasteiger partial charge in [-0.3, -0.25) is 9.59 Å². The molecule has 61 heavy (non-hydrogen) atoms. The lowest BCUT2D eigenvalue weighted by Gasteiger charge is -2.24. The summed E-state index contributed by atoms with van der Waals surface area (Å²) in [5.41, 5.74) is 0. The van der Waals surface area contributed by atoms with Crippen LogP contribution in [0, 0.1) is 0 Å². The number of ether oxygens (including phenoxy) is 1. The van der Waals surface area contributed by atoms with Crippen LogP contribution in [-0.4, -0.2) is 46.9 Å². The van der Waals surface area contributed by atoms with E-state index < -0.39 is 18.2 Å². The first kappa shape index (κ1) is 58.6. The second-order valence-electron chi connectivity index (χ2n) is 17.6. The fraction of sp³-hybridized carbons (Fsp3) is 0.782. The Balaban J connectivity index is 4.63. The van der Waals surface area contributed by atoms with E-state index in [4.69, 9.17) is 4.74 Å². The number of carbonyl (C=O) groups excluding carboxylic acids is 2. The molecule has 0 aliphatic carbocycles. The van der Waals surface area contributed by atoms with Crippen molar-refractivity contribution in [3.63, 3.8) is 0 Å². The van der Waals surface area contributed by atoms with Crippen LogP contribution in [0.5, 0.6) is 0 Å². The van der Waals surface area contributed by atoms with Crippen LogP contribution >= 0.6 is 0 Å². The molecule has 0 saturated heterocycles. The van der Waals surface area contributed by atoms with Gasteiger partial charge in [0.25, 0.3) is 0 Å². The maximum atomic E-state index is 13.2. The predicted octanol–water partition coefficient (Wildman–Crippen LogP) is 15.6. The minimum absolute atomic E-state index is 0.0585. The van der Waals surface area contributed by atoms with Crippen molar-refractivity contribution in [2.75, 3.05) is 6.61 Å². The molecule has 0 aromatic carbocycles. The summed E-state index contributed by atoms with van der Waals surface area (Å²) >= 11 is 0. The lowest BCUT2D eigenvalue weighted by molar-refractivity contribution is -0.151. The standard InChI is InChI=1S/C55H99NO5/c1-4-7-10-13-16-19-21-23-25-26-27-29-31-33-36-39-42-45-48-55(60)61-51(46-43-40-37-35-32-30-28-24-22-20-17-14-11-8-5-2)49-54(59)56-52(50-57)53(58)47-44-41-38-34-18-15-12-9-6-3/h17,20-21,23-29,51-53,57-58H,4-16,18-19,22,30-50H2,1-3H3,(H,56,59)/b20-17-,23-21+,26-25+,28-24-,29-27+. The maximum Gasteiger partial charge on any atom is 0.306 e. The van der Waals surface area contributed by atoms with Gasteiger partial charge < -0.3 is 20.3 Å². The van der Waals surface area contributed by atoms with Crippen LogP contribution in [0.25, 0.3) is 0 Å². The van der Waals surface area contributed by atoms with Gasteiger partial charge in [0.15, 0.2) is 0 Å². The van der Waals surface area contributed by atoms with Gasteiger partial charge in [-0.05, 0) is 83.5 Å². The van der Waals surface area contributed by atoms with Crippen LogP contribution in [-0.2, 0) is 14.3 Å². The first-order chi connectivity index (χ1) is 30.0. The van der Waals surface area contributed by atoms with Gasteiger partial charge in [0.05, 0.1) is 25.2 Å². The van der Waals surface area contributed by atoms with Crippen molar-refractivity contribution >= 4 is 11.9 Å². The molecular weight excluding hydrogens is 755 g/mol. The van der Waals surface area contributed by atoms with Crippen molar-refractivity contribution in [3.8, 4) is 0 Å². The molecular formula is C55H99NO5. The SMILES string of the molecule is CCCCC/C=C\C/C=C\CCCCCCCC(CC(=O)NC(CO)C(O)CCCCCCCCCCC)OC(=O)CCCCCCC/C=C/C=C/C=C/CCCCCCC. The molecule has 3 unspecified atom stereocenters. The molecule has 0 aromatic heterocycles. The number of hydrogen-bond donors (Lipinski definition) is 3. The van der Waals surface area contributed by atoms with E-state index >= 15 is 0 Å². The second-order valence-corrected chi connectivity index (χ2v) is 17.6. The van der Waals surface area contributed by atoms with Crippen LogP contribution < -0.4 is 5.32 Å². The van der Waals surface area contributed by atoms with E-state index in [0.717, 1.165) is 89.9 Å². The van der Waals surface area contributed by atoms with Gasteiger partial charge in [-0.25, -0.2) is 0 Å². The van der Waals surface area contributed by atoms with Crippen LogP contribution in [0.4, 0.5) is 0 Å². The number of aliphatic hydroxyl groups is 2. The van der Waals surface area contributed by atoms with Crippen molar-refractivity contribution in [3.05, 3.63) is 60.8 Å². The van der Waals surface area contributed by atoms with Gasteiger partial charge >= 0.3 is 5.97 Å². The van der Waals surface area contributed by atoms with Crippen LogP contribution in [0.1, 0.15) is 252 Å². The highest BCUT2D eigenvalue weighted by molar-refractivity contribution is 5.77. The summed E-state index contributed by atoms with van der Waals surface area (Å²) < 4.78 is 5.92. The lowest BCUT2D eigenvalue weighted by atomic mass is 10.0. The summed E-state index contributed by atoms with van der Waals surface area (Å²) in [6.07, 6.45) is 59.9. The quantitative estimate of drug-likeness (QED) is 0.0245. The van der Waals surface area contributed by atoms with E-state index in [2.05, 4.69) is 86.8 Å². The lowest BCUT2D eigenvalue weighted by Crippen LogP contribution is -2.46. The van der Waals surface area contributed by atoms with Crippen molar-refractivity contribution < 1.29 is 24.5 Å². The number of amides is 1. The molecule has 3 atom stereocenters. The molecule has 3 N–H and O–H groups in total. The number of aliphatic hydroxyl groups excluding tert-OH is 2. The zero-order chi connectivity index (χ0) is 44.5. The third-order valence-electron chi connectivity index (χ3n) is 11.6. The molecule has 0 aromatic rings. The van der Waals surface area contributed by atoms with Crippen LogP contribution in [0.2, 0.25) is 0 Å². The van der Waals surface area contributed by atoms with Gasteiger partial charge in [-0.1, -0.05) is 216 Å². The first-order valence-corrected chi connectivity index (χ1v) is 26.0. The fourth-order valence-electron chi connectivity index (χ4n) is 7.64. The number of allylic oxidation sites excluding steroid dienone is 10. The summed E-state index contributed by atoms with van der Waals surface area (Å²) in [5, 5.41) is 23.7. The third kappa shape index (κ3) is 44.0. The van der Waals surface area contributed by atoms with E-state index in [1.807, 2.05) is 0 Å². The predicted molar refractivity (Wildman–Crippen MR) is 264 cm³/mol. The minimum atomic E-state index is -0.795. The summed E-state index contributed by atoms with van der Waals surface area (Å²) in [6.45, 7) is 6.42. The first-order valence-electron chi connectivity index (χ1n) is 26.0. The van der Waals surface area contributed by atoms with Crippen molar-refractivity contribution in [2.45, 2.75) is 270 Å². The van der Waals surface area contributed by atoms with E-state index in [1.54, 1.807) is 0 Å². The Morgan fingerprint density at radius 1 is 0.492 bits per heavy atom. The molecule has 6 heteroatoms. The Labute approximate surface area is 378 Å². The number of unbranched alkanes of at least 4 members (excludes halogenated alkanes) is 26. The molecule has 0 bridgehead atoms. The highest BCUT2D eigenvalue weighted by Crippen LogP contribution is 2.17. The monoisotopic (exact) mass is 854 g/mol. The van der Waals surface area contributed by atoms with Gasteiger partial charge in [0.2, 0.25) is 5.91 Å². The number of hydrogen-bond acceptors (Lipinski definition) is 5. The van der Waals surface area contributed by atoms with Gasteiger partial charge in [0, 0.05) is 6.42 Å². The Bertz CT molecular complexity index is 1090. The van der Waals surface area contributed by atoms with E-state index in [9.17, 15) is 19.8 Å². The average molecular weight is 854 g/mol. The smallest absolute Gasteiger partial charge is 0.306 e. The van der Waals surface area contributed by atoms with Crippen molar-refractivity contribution in [1.82, 2.24) is 5.32 Å². The van der Waals surface area contributed by atoms with E-state index in [1.165, 1.54) is 116 Å². The Morgan fingerprint density at radius 3 is 1.41 bits per heavy atom. The molecule has 0 spiro atoms. The molecule has 0 rings (SSSR count). The Hall–Kier alpha value is -2.44. The normalized spacial score (nSPS) is 13.7. The largest absolute Gasteiger partial charge is 0.462 e. The average Bonchev–Trinajstić information content (AvgIpc) is 3.25. The van der Waals surface area contributed by atoms with Gasteiger partial charge in [-0.15, -0.1) is 0 Å². The number of rotatable bonds is 46. The van der Waals surface area contributed by atoms with E-state index in [-0.39, 0.29) is 24.9 Å². The van der Waals surface area contributed by atoms with Crippen LogP contribution in [0.15, 0.2) is 60.8 Å². The summed E-state index contributed by atoms with van der Waals surface area (Å²) in [7, 11) is 0. The van der Waals surface area contributed by atoms with Crippen molar-refractivity contribution in [2.24, 2.45) is 0 Å². The minimum Gasteiger partial charge on any atom is -0.462 e. The molecule has 1 amide bonds. The molecule has 0 aliphatic heterocycles. The second kappa shape index (κ2) is 48.6. The van der Waals surface area contributed by atoms with E-state index in [0.29, 0.717) is 19.3 Å². The molecule has 0 fully saturated rings. The molecule has 0 saturated carbocycles. The topological polar surface area (TPSA) is 95.9 Å². The molecule has 0 radical (unpaired) electrons. The molecule has 0 aliphatic rings. The van der Waals surface area contributed by atoms with Crippen molar-refractivity contribution in [1.29, 1.82) is 0 Å².